The van der Waals surface area contributed by atoms with Crippen molar-refractivity contribution < 1.29 is 23.0 Å². The molecule has 0 radical (unpaired) electrons. The van der Waals surface area contributed by atoms with E-state index in [4.69, 9.17) is 4.74 Å². The number of ether oxygens (including phenoxy) is 1. The second-order valence-corrected chi connectivity index (χ2v) is 4.91. The van der Waals surface area contributed by atoms with Crippen molar-refractivity contribution in [2.24, 2.45) is 0 Å². The molecule has 0 saturated heterocycles. The van der Waals surface area contributed by atoms with Gasteiger partial charge in [0, 0.05) is 12.5 Å². The number of rotatable bonds is 5. The Morgan fingerprint density at radius 3 is 2.33 bits per heavy atom. The second kappa shape index (κ2) is 6.18. The average molecular weight is 296 g/mol. The summed E-state index contributed by atoms with van der Waals surface area (Å²) in [6.45, 7) is 0.883. The summed E-state index contributed by atoms with van der Waals surface area (Å²) in [4.78, 5) is 0. The van der Waals surface area contributed by atoms with Crippen molar-refractivity contribution in [2.75, 3.05) is 6.67 Å². The zero-order valence-electron chi connectivity index (χ0n) is 11.4. The molecule has 2 nitrogen and oxygen atoms in total. The van der Waals surface area contributed by atoms with Gasteiger partial charge in [0.1, 0.15) is 11.6 Å². The predicted molar refractivity (Wildman–Crippen MR) is 73.0 cm³/mol. The molecule has 112 valence electrons. The van der Waals surface area contributed by atoms with Gasteiger partial charge >= 0.3 is 0 Å². The van der Waals surface area contributed by atoms with Crippen LogP contribution in [0.15, 0.2) is 42.5 Å². The SMILES string of the molecule is CC(O)(CCF)c1ccc(Oc2ccc(F)cc2F)cc1. The van der Waals surface area contributed by atoms with E-state index in [0.29, 0.717) is 11.3 Å². The molecule has 0 aliphatic carbocycles. The molecule has 2 rings (SSSR count). The Bertz CT molecular complexity index is 609. The maximum absolute atomic E-state index is 13.5. The third-order valence-electron chi connectivity index (χ3n) is 3.18. The van der Waals surface area contributed by atoms with Gasteiger partial charge in [-0.2, -0.15) is 0 Å². The maximum Gasteiger partial charge on any atom is 0.168 e. The highest BCUT2D eigenvalue weighted by atomic mass is 19.1. The maximum atomic E-state index is 13.5. The zero-order valence-corrected chi connectivity index (χ0v) is 11.4. The first kappa shape index (κ1) is 15.4. The highest BCUT2D eigenvalue weighted by molar-refractivity contribution is 5.35. The lowest BCUT2D eigenvalue weighted by molar-refractivity contribution is 0.0408. The first-order valence-electron chi connectivity index (χ1n) is 6.44. The third-order valence-corrected chi connectivity index (χ3v) is 3.18. The topological polar surface area (TPSA) is 29.5 Å². The van der Waals surface area contributed by atoms with Gasteiger partial charge in [0.05, 0.1) is 12.3 Å². The zero-order chi connectivity index (χ0) is 15.5. The van der Waals surface area contributed by atoms with Crippen LogP contribution in [0.2, 0.25) is 0 Å². The Labute approximate surface area is 120 Å². The molecule has 0 heterocycles. The number of alkyl halides is 1. The number of hydrogen-bond acceptors (Lipinski definition) is 2. The molecule has 0 bridgehead atoms. The molecule has 1 unspecified atom stereocenters. The summed E-state index contributed by atoms with van der Waals surface area (Å²) < 4.78 is 43.9. The smallest absolute Gasteiger partial charge is 0.168 e. The van der Waals surface area contributed by atoms with E-state index < -0.39 is 23.9 Å². The van der Waals surface area contributed by atoms with Gasteiger partial charge in [0.15, 0.2) is 11.6 Å². The first-order chi connectivity index (χ1) is 9.92. The highest BCUT2D eigenvalue weighted by Crippen LogP contribution is 2.29. The van der Waals surface area contributed by atoms with Crippen LogP contribution in [0.4, 0.5) is 13.2 Å². The number of hydrogen-bond donors (Lipinski definition) is 1. The minimum absolute atomic E-state index is 0.0141. The lowest BCUT2D eigenvalue weighted by Crippen LogP contribution is -2.21. The fourth-order valence-electron chi connectivity index (χ4n) is 1.90. The summed E-state index contributed by atoms with van der Waals surface area (Å²) in [7, 11) is 0. The minimum Gasteiger partial charge on any atom is -0.454 e. The molecule has 1 N–H and O–H groups in total. The monoisotopic (exact) mass is 296 g/mol. The van der Waals surface area contributed by atoms with E-state index >= 15 is 0 Å². The Morgan fingerprint density at radius 1 is 1.10 bits per heavy atom. The van der Waals surface area contributed by atoms with Gasteiger partial charge in [-0.05, 0) is 36.8 Å². The number of halogens is 3. The standard InChI is InChI=1S/C16H15F3O2/c1-16(20,8-9-17)11-2-5-13(6-3-11)21-15-7-4-12(18)10-14(15)19/h2-7,10,20H,8-9H2,1H3. The van der Waals surface area contributed by atoms with Crippen LogP contribution in [0.1, 0.15) is 18.9 Å². The predicted octanol–water partition coefficient (Wildman–Crippen LogP) is 4.32. The highest BCUT2D eigenvalue weighted by Gasteiger charge is 2.22. The van der Waals surface area contributed by atoms with Crippen molar-refractivity contribution in [1.82, 2.24) is 0 Å². The van der Waals surface area contributed by atoms with Crippen molar-refractivity contribution in [2.45, 2.75) is 18.9 Å². The van der Waals surface area contributed by atoms with Gasteiger partial charge in [-0.1, -0.05) is 12.1 Å². The Kier molecular flexibility index (Phi) is 4.53. The van der Waals surface area contributed by atoms with Crippen molar-refractivity contribution in [3.63, 3.8) is 0 Å². The summed E-state index contributed by atoms with van der Waals surface area (Å²) in [6.07, 6.45) is -0.0141. The molecule has 1 atom stereocenters. The molecule has 0 saturated carbocycles. The van der Waals surface area contributed by atoms with E-state index in [1.807, 2.05) is 0 Å². The first-order valence-corrected chi connectivity index (χ1v) is 6.44. The quantitative estimate of drug-likeness (QED) is 0.890. The van der Waals surface area contributed by atoms with Crippen LogP contribution >= 0.6 is 0 Å². The normalized spacial score (nSPS) is 13.8. The third kappa shape index (κ3) is 3.76. The number of benzene rings is 2. The molecule has 2 aromatic carbocycles. The van der Waals surface area contributed by atoms with Crippen LogP contribution in [0.25, 0.3) is 0 Å². The Balaban J connectivity index is 2.16. The van der Waals surface area contributed by atoms with E-state index in [0.717, 1.165) is 12.1 Å². The molecule has 0 fully saturated rings. The van der Waals surface area contributed by atoms with Gasteiger partial charge in [-0.3, -0.25) is 4.39 Å². The van der Waals surface area contributed by atoms with Gasteiger partial charge in [-0.25, -0.2) is 8.78 Å². The van der Waals surface area contributed by atoms with E-state index in [1.165, 1.54) is 25.1 Å². The Hall–Kier alpha value is -2.01. The summed E-state index contributed by atoms with van der Waals surface area (Å²) in [5.41, 5.74) is -0.735. The molecule has 0 aliphatic heterocycles. The number of aliphatic hydroxyl groups is 1. The largest absolute Gasteiger partial charge is 0.454 e. The summed E-state index contributed by atoms with van der Waals surface area (Å²) in [5.74, 6) is -1.25. The average Bonchev–Trinajstić information content (AvgIpc) is 2.42. The molecule has 5 heteroatoms. The van der Waals surface area contributed by atoms with E-state index in [-0.39, 0.29) is 12.2 Å². The summed E-state index contributed by atoms with van der Waals surface area (Å²) in [5, 5.41) is 10.1. The van der Waals surface area contributed by atoms with E-state index in [2.05, 4.69) is 0 Å². The molecular weight excluding hydrogens is 281 g/mol. The molecular formula is C16H15F3O2. The van der Waals surface area contributed by atoms with Crippen molar-refractivity contribution in [1.29, 1.82) is 0 Å². The van der Waals surface area contributed by atoms with Gasteiger partial charge in [0.2, 0.25) is 0 Å². The van der Waals surface area contributed by atoms with Crippen LogP contribution in [0.3, 0.4) is 0 Å². The van der Waals surface area contributed by atoms with Gasteiger partial charge < -0.3 is 9.84 Å². The minimum atomic E-state index is -1.27. The fraction of sp³-hybridized carbons (Fsp3) is 0.250. The lowest BCUT2D eigenvalue weighted by atomic mass is 9.93. The lowest BCUT2D eigenvalue weighted by Gasteiger charge is -2.22. The molecule has 0 aromatic heterocycles. The van der Waals surface area contributed by atoms with Gasteiger partial charge in [0.25, 0.3) is 0 Å². The molecule has 0 aliphatic rings. The van der Waals surface area contributed by atoms with Gasteiger partial charge in [-0.15, -0.1) is 0 Å². The molecule has 0 amide bonds. The van der Waals surface area contributed by atoms with Crippen LogP contribution in [-0.2, 0) is 5.60 Å². The van der Waals surface area contributed by atoms with Crippen molar-refractivity contribution in [3.8, 4) is 11.5 Å². The van der Waals surface area contributed by atoms with Crippen molar-refractivity contribution >= 4 is 0 Å². The van der Waals surface area contributed by atoms with Crippen molar-refractivity contribution in [3.05, 3.63) is 59.7 Å². The van der Waals surface area contributed by atoms with E-state index in [9.17, 15) is 18.3 Å². The second-order valence-electron chi connectivity index (χ2n) is 4.91. The Morgan fingerprint density at radius 2 is 1.76 bits per heavy atom. The van der Waals surface area contributed by atoms with Crippen LogP contribution in [0, 0.1) is 11.6 Å². The van der Waals surface area contributed by atoms with Crippen LogP contribution in [-0.4, -0.2) is 11.8 Å². The summed E-state index contributed by atoms with van der Waals surface area (Å²) in [6, 6.07) is 9.24. The van der Waals surface area contributed by atoms with Crippen LogP contribution < -0.4 is 4.74 Å². The van der Waals surface area contributed by atoms with E-state index in [1.54, 1.807) is 12.1 Å². The molecule has 21 heavy (non-hydrogen) atoms. The molecule has 2 aromatic rings. The van der Waals surface area contributed by atoms with Crippen LogP contribution in [0.5, 0.6) is 11.5 Å². The molecule has 0 spiro atoms. The summed E-state index contributed by atoms with van der Waals surface area (Å²) >= 11 is 0. The fourth-order valence-corrected chi connectivity index (χ4v) is 1.90.